The number of allylic oxidation sites excluding steroid dienone is 1. The minimum absolute atomic E-state index is 0.0588. The van der Waals surface area contributed by atoms with Gasteiger partial charge in [0.2, 0.25) is 0 Å². The average molecular weight is 440 g/mol. The Hall–Kier alpha value is -2.09. The van der Waals surface area contributed by atoms with Crippen molar-refractivity contribution in [1.82, 2.24) is 10.6 Å². The molecule has 1 fully saturated rings. The largest absolute Gasteiger partial charge is 0.405 e. The first-order valence-corrected chi connectivity index (χ1v) is 10.9. The van der Waals surface area contributed by atoms with Crippen LogP contribution in [0.1, 0.15) is 46.5 Å². The Labute approximate surface area is 181 Å². The second kappa shape index (κ2) is 9.18. The van der Waals surface area contributed by atoms with Crippen molar-refractivity contribution in [1.29, 1.82) is 0 Å². The monoisotopic (exact) mass is 439 g/mol. The smallest absolute Gasteiger partial charge is 0.393 e. The lowest BCUT2D eigenvalue weighted by Gasteiger charge is -2.36. The van der Waals surface area contributed by atoms with Crippen molar-refractivity contribution in [3.8, 4) is 0 Å². The molecule has 1 aliphatic heterocycles. The molecule has 31 heavy (non-hydrogen) atoms. The zero-order chi connectivity index (χ0) is 22.8. The van der Waals surface area contributed by atoms with Gasteiger partial charge in [-0.1, -0.05) is 45.8 Å². The predicted molar refractivity (Wildman–Crippen MR) is 115 cm³/mol. The van der Waals surface area contributed by atoms with Crippen molar-refractivity contribution < 1.29 is 23.1 Å². The first-order valence-electron chi connectivity index (χ1n) is 10.9. The summed E-state index contributed by atoms with van der Waals surface area (Å²) in [5.41, 5.74) is 1.27. The molecule has 3 rings (SSSR count). The number of carbonyl (C=O) groups excluding carboxylic acids is 1. The van der Waals surface area contributed by atoms with E-state index in [1.54, 1.807) is 18.2 Å². The van der Waals surface area contributed by atoms with Gasteiger partial charge in [-0.2, -0.15) is 13.2 Å². The standard InChI is InChI=1S/C23H32F3N3O2/c1-22(2,3)17-11-16(28-13-23(24,25)26)10-14-8-9-18(29-20(14)17)21(31)27-12-15-6-4-5-7-19(15)30/h8-11,14-15,19-20,28,30H,4-7,12-13H2,1-3H3,(H,27,31)/t14?,15-,19-,20?/m0/s1. The molecular formula is C23H32F3N3O2. The highest BCUT2D eigenvalue weighted by Crippen LogP contribution is 2.39. The normalized spacial score (nSPS) is 28.8. The molecule has 0 spiro atoms. The van der Waals surface area contributed by atoms with Crippen LogP contribution in [0.25, 0.3) is 0 Å². The summed E-state index contributed by atoms with van der Waals surface area (Å²) in [6, 6.07) is -0.331. The summed E-state index contributed by atoms with van der Waals surface area (Å²) in [7, 11) is 0. The quantitative estimate of drug-likeness (QED) is 0.612. The number of nitrogens with zero attached hydrogens (tertiary/aromatic N) is 1. The van der Waals surface area contributed by atoms with E-state index in [4.69, 9.17) is 0 Å². The number of carbonyl (C=O) groups is 1. The van der Waals surface area contributed by atoms with Crippen LogP contribution in [0.5, 0.6) is 0 Å². The van der Waals surface area contributed by atoms with Gasteiger partial charge in [-0.25, -0.2) is 0 Å². The molecule has 1 amide bonds. The number of hydrogen-bond acceptors (Lipinski definition) is 4. The summed E-state index contributed by atoms with van der Waals surface area (Å²) in [4.78, 5) is 17.4. The van der Waals surface area contributed by atoms with Crippen molar-refractivity contribution in [2.24, 2.45) is 22.2 Å². The molecule has 1 saturated carbocycles. The number of rotatable bonds is 5. The van der Waals surface area contributed by atoms with E-state index < -0.39 is 12.7 Å². The maximum Gasteiger partial charge on any atom is 0.405 e. The van der Waals surface area contributed by atoms with Crippen molar-refractivity contribution in [3.63, 3.8) is 0 Å². The molecule has 2 aliphatic carbocycles. The number of dihydropyridines is 1. The summed E-state index contributed by atoms with van der Waals surface area (Å²) < 4.78 is 37.9. The van der Waals surface area contributed by atoms with E-state index in [9.17, 15) is 23.1 Å². The van der Waals surface area contributed by atoms with Crippen LogP contribution in [-0.2, 0) is 4.79 Å². The number of hydrogen-bond donors (Lipinski definition) is 3. The summed E-state index contributed by atoms with van der Waals surface area (Å²) >= 11 is 0. The highest BCUT2D eigenvalue weighted by Gasteiger charge is 2.36. The fourth-order valence-electron chi connectivity index (χ4n) is 4.37. The van der Waals surface area contributed by atoms with E-state index in [1.807, 2.05) is 26.8 Å². The lowest BCUT2D eigenvalue weighted by atomic mass is 9.74. The van der Waals surface area contributed by atoms with Crippen LogP contribution < -0.4 is 10.6 Å². The van der Waals surface area contributed by atoms with Gasteiger partial charge in [0.05, 0.1) is 12.1 Å². The molecular weight excluding hydrogens is 407 g/mol. The maximum atomic E-state index is 12.7. The highest BCUT2D eigenvalue weighted by molar-refractivity contribution is 6.43. The number of amides is 1. The molecule has 2 unspecified atom stereocenters. The van der Waals surface area contributed by atoms with Crippen molar-refractivity contribution in [3.05, 3.63) is 35.6 Å². The second-order valence-electron chi connectivity index (χ2n) is 9.66. The minimum Gasteiger partial charge on any atom is -0.393 e. The van der Waals surface area contributed by atoms with Crippen LogP contribution in [0, 0.1) is 17.3 Å². The van der Waals surface area contributed by atoms with Crippen LogP contribution in [0.3, 0.4) is 0 Å². The molecule has 172 valence electrons. The molecule has 5 nitrogen and oxygen atoms in total. The third-order valence-corrected chi connectivity index (χ3v) is 6.11. The Morgan fingerprint density at radius 3 is 2.58 bits per heavy atom. The van der Waals surface area contributed by atoms with Crippen LogP contribution in [0.4, 0.5) is 13.2 Å². The Balaban J connectivity index is 1.72. The van der Waals surface area contributed by atoms with E-state index in [2.05, 4.69) is 15.6 Å². The first-order chi connectivity index (χ1) is 14.4. The second-order valence-corrected chi connectivity index (χ2v) is 9.66. The molecule has 4 atom stereocenters. The number of halogens is 3. The van der Waals surface area contributed by atoms with Gasteiger partial charge in [-0.15, -0.1) is 0 Å². The van der Waals surface area contributed by atoms with Crippen LogP contribution in [0.15, 0.2) is 40.6 Å². The fraction of sp³-hybridized carbons (Fsp3) is 0.652. The Bertz CT molecular complexity index is 806. The summed E-state index contributed by atoms with van der Waals surface area (Å²) in [6.45, 7) is 5.27. The number of alkyl halides is 3. The minimum atomic E-state index is -4.30. The fourth-order valence-corrected chi connectivity index (χ4v) is 4.37. The molecule has 1 heterocycles. The molecule has 0 radical (unpaired) electrons. The van der Waals surface area contributed by atoms with E-state index >= 15 is 0 Å². The number of aliphatic imine (C=N–C) groups is 1. The Kier molecular flexibility index (Phi) is 6.98. The van der Waals surface area contributed by atoms with Gasteiger partial charge in [0.1, 0.15) is 12.3 Å². The van der Waals surface area contributed by atoms with Crippen LogP contribution in [0.2, 0.25) is 0 Å². The number of aliphatic hydroxyl groups is 1. The van der Waals surface area contributed by atoms with Crippen LogP contribution >= 0.6 is 0 Å². The number of nitrogens with one attached hydrogen (secondary N) is 2. The zero-order valence-corrected chi connectivity index (χ0v) is 18.3. The molecule has 8 heteroatoms. The van der Waals surface area contributed by atoms with Gasteiger partial charge >= 0.3 is 6.18 Å². The van der Waals surface area contributed by atoms with Gasteiger partial charge in [-0.05, 0) is 36.0 Å². The molecule has 3 N–H and O–H groups in total. The van der Waals surface area contributed by atoms with E-state index in [0.717, 1.165) is 31.3 Å². The summed E-state index contributed by atoms with van der Waals surface area (Å²) in [5, 5.41) is 15.5. The SMILES string of the molecule is CC(C)(C)C1=CC(NCC(F)(F)F)=CC2C=CC(C(=O)NC[C@@H]3CCCC[C@@H]3O)=NC12. The van der Waals surface area contributed by atoms with E-state index in [-0.39, 0.29) is 35.3 Å². The molecule has 3 aliphatic rings. The van der Waals surface area contributed by atoms with Gasteiger partial charge in [0.25, 0.3) is 5.91 Å². The molecule has 0 aromatic heterocycles. The summed E-state index contributed by atoms with van der Waals surface area (Å²) in [5.74, 6) is -0.444. The molecule has 0 saturated heterocycles. The zero-order valence-electron chi connectivity index (χ0n) is 18.3. The molecule has 0 aromatic rings. The lowest BCUT2D eigenvalue weighted by Crippen LogP contribution is -2.41. The van der Waals surface area contributed by atoms with Crippen molar-refractivity contribution in [2.45, 2.75) is 64.8 Å². The first kappa shape index (κ1) is 23.6. The van der Waals surface area contributed by atoms with E-state index in [0.29, 0.717) is 18.0 Å². The van der Waals surface area contributed by atoms with Gasteiger partial charge in [0.15, 0.2) is 0 Å². The lowest BCUT2D eigenvalue weighted by molar-refractivity contribution is -0.123. The van der Waals surface area contributed by atoms with Crippen LogP contribution in [-0.4, -0.2) is 48.1 Å². The summed E-state index contributed by atoms with van der Waals surface area (Å²) in [6.07, 6.45) is 5.97. The molecule has 0 aromatic carbocycles. The Morgan fingerprint density at radius 2 is 1.94 bits per heavy atom. The van der Waals surface area contributed by atoms with Gasteiger partial charge < -0.3 is 15.7 Å². The van der Waals surface area contributed by atoms with E-state index in [1.165, 1.54) is 0 Å². The van der Waals surface area contributed by atoms with Crippen molar-refractivity contribution >= 4 is 11.6 Å². The Morgan fingerprint density at radius 1 is 1.23 bits per heavy atom. The molecule has 0 bridgehead atoms. The van der Waals surface area contributed by atoms with Gasteiger partial charge in [0, 0.05) is 24.1 Å². The maximum absolute atomic E-state index is 12.7. The third kappa shape index (κ3) is 6.21. The number of fused-ring (bicyclic) bond motifs is 1. The third-order valence-electron chi connectivity index (χ3n) is 6.11. The number of aliphatic hydroxyl groups excluding tert-OH is 1. The average Bonchev–Trinajstić information content (AvgIpc) is 2.69. The highest BCUT2D eigenvalue weighted by atomic mass is 19.4. The van der Waals surface area contributed by atoms with Gasteiger partial charge in [-0.3, -0.25) is 9.79 Å². The predicted octanol–water partition coefficient (Wildman–Crippen LogP) is 3.67. The topological polar surface area (TPSA) is 73.7 Å². The van der Waals surface area contributed by atoms with Crippen molar-refractivity contribution in [2.75, 3.05) is 13.1 Å².